The summed E-state index contributed by atoms with van der Waals surface area (Å²) in [6, 6.07) is 23.4. The van der Waals surface area contributed by atoms with Crippen molar-refractivity contribution in [1.82, 2.24) is 0 Å². The van der Waals surface area contributed by atoms with Crippen molar-refractivity contribution in [3.63, 3.8) is 0 Å². The van der Waals surface area contributed by atoms with Gasteiger partial charge >= 0.3 is 0 Å². The van der Waals surface area contributed by atoms with Crippen LogP contribution in [-0.4, -0.2) is 0 Å². The summed E-state index contributed by atoms with van der Waals surface area (Å²) >= 11 is 0. The third kappa shape index (κ3) is 2.94. The Hall–Kier alpha value is -2.58. The van der Waals surface area contributed by atoms with Gasteiger partial charge < -0.3 is 0 Å². The van der Waals surface area contributed by atoms with Gasteiger partial charge in [-0.05, 0) is 47.8 Å². The molecular weight excluding hydrogens is 304 g/mol. The zero-order chi connectivity index (χ0) is 17.9. The molecule has 2 heteroatoms. The molecule has 0 N–H and O–H groups in total. The Morgan fingerprint density at radius 1 is 1.00 bits per heavy atom. The minimum Gasteiger partial charge on any atom is -0.197 e. The van der Waals surface area contributed by atoms with Crippen LogP contribution in [0.1, 0.15) is 37.0 Å². The molecule has 2 aromatic carbocycles. The van der Waals surface area contributed by atoms with Gasteiger partial charge in [0.25, 0.3) is 0 Å². The van der Waals surface area contributed by atoms with Crippen molar-refractivity contribution in [3.8, 4) is 12.1 Å². The summed E-state index contributed by atoms with van der Waals surface area (Å²) in [6.07, 6.45) is 2.79. The Balaban J connectivity index is 2.25. The summed E-state index contributed by atoms with van der Waals surface area (Å²) in [6.45, 7) is 4.45. The Bertz CT molecular complexity index is 796. The van der Waals surface area contributed by atoms with Gasteiger partial charge in [-0.15, -0.1) is 0 Å². The minimum absolute atomic E-state index is 0.312. The number of hydrogen-bond donors (Lipinski definition) is 0. The van der Waals surface area contributed by atoms with E-state index in [9.17, 15) is 10.5 Å². The van der Waals surface area contributed by atoms with Gasteiger partial charge in [0.2, 0.25) is 0 Å². The van der Waals surface area contributed by atoms with E-state index in [-0.39, 0.29) is 0 Å². The SMILES string of the molecule is CC(C)[C@H]1CCc2ccccc2[C@@]1(Cc1ccccc1)C(C#N)C#N. The normalized spacial score (nSPS) is 22.2. The molecule has 0 amide bonds. The summed E-state index contributed by atoms with van der Waals surface area (Å²) in [5.41, 5.74) is 3.25. The molecule has 0 aliphatic heterocycles. The van der Waals surface area contributed by atoms with Crippen LogP contribution >= 0.6 is 0 Å². The van der Waals surface area contributed by atoms with Gasteiger partial charge in [-0.3, -0.25) is 0 Å². The highest BCUT2D eigenvalue weighted by molar-refractivity contribution is 5.43. The quantitative estimate of drug-likeness (QED) is 0.788. The second kappa shape index (κ2) is 7.12. The van der Waals surface area contributed by atoms with Gasteiger partial charge in [0.05, 0.1) is 12.1 Å². The topological polar surface area (TPSA) is 47.6 Å². The van der Waals surface area contributed by atoms with Gasteiger partial charge in [-0.25, -0.2) is 0 Å². The number of rotatable bonds is 4. The predicted octanol–water partition coefficient (Wildman–Crippen LogP) is 5.05. The van der Waals surface area contributed by atoms with Crippen LogP contribution in [0, 0.1) is 40.4 Å². The van der Waals surface area contributed by atoms with E-state index < -0.39 is 11.3 Å². The molecule has 1 aliphatic carbocycles. The van der Waals surface area contributed by atoms with Gasteiger partial charge in [-0.2, -0.15) is 10.5 Å². The third-order valence-corrected chi connectivity index (χ3v) is 5.82. The predicted molar refractivity (Wildman–Crippen MR) is 99.6 cm³/mol. The number of aryl methyl sites for hydroxylation is 1. The molecule has 25 heavy (non-hydrogen) atoms. The number of fused-ring (bicyclic) bond motifs is 1. The number of hydrogen-bond acceptors (Lipinski definition) is 2. The molecule has 0 unspecified atom stereocenters. The Morgan fingerprint density at radius 2 is 1.64 bits per heavy atom. The lowest BCUT2D eigenvalue weighted by atomic mass is 9.53. The number of benzene rings is 2. The molecular formula is C23H24N2. The van der Waals surface area contributed by atoms with Gasteiger partial charge in [0.1, 0.15) is 5.92 Å². The lowest BCUT2D eigenvalue weighted by Crippen LogP contribution is -2.48. The second-order valence-electron chi connectivity index (χ2n) is 7.44. The summed E-state index contributed by atoms with van der Waals surface area (Å²) in [7, 11) is 0. The molecule has 0 saturated carbocycles. The summed E-state index contributed by atoms with van der Waals surface area (Å²) in [4.78, 5) is 0. The Morgan fingerprint density at radius 3 is 2.28 bits per heavy atom. The van der Waals surface area contributed by atoms with Crippen LogP contribution < -0.4 is 0 Å². The number of nitriles is 2. The van der Waals surface area contributed by atoms with Crippen LogP contribution in [0.15, 0.2) is 54.6 Å². The van der Waals surface area contributed by atoms with Crippen molar-refractivity contribution in [3.05, 3.63) is 71.3 Å². The molecule has 3 rings (SSSR count). The Kier molecular flexibility index (Phi) is 4.91. The lowest BCUT2D eigenvalue weighted by molar-refractivity contribution is 0.149. The average Bonchev–Trinajstić information content (AvgIpc) is 2.63. The summed E-state index contributed by atoms with van der Waals surface area (Å²) in [5.74, 6) is 0.0785. The van der Waals surface area contributed by atoms with E-state index >= 15 is 0 Å². The van der Waals surface area contributed by atoms with E-state index in [2.05, 4.69) is 56.3 Å². The van der Waals surface area contributed by atoms with Crippen molar-refractivity contribution in [2.24, 2.45) is 17.8 Å². The molecule has 0 aromatic heterocycles. The molecule has 2 nitrogen and oxygen atoms in total. The molecule has 0 bridgehead atoms. The first kappa shape index (κ1) is 17.2. The average molecular weight is 328 g/mol. The van der Waals surface area contributed by atoms with Gasteiger partial charge in [0, 0.05) is 5.41 Å². The fourth-order valence-corrected chi connectivity index (χ4v) is 4.78. The van der Waals surface area contributed by atoms with E-state index in [4.69, 9.17) is 0 Å². The maximum absolute atomic E-state index is 9.87. The van der Waals surface area contributed by atoms with Crippen molar-refractivity contribution in [2.75, 3.05) is 0 Å². The second-order valence-corrected chi connectivity index (χ2v) is 7.44. The zero-order valence-electron chi connectivity index (χ0n) is 14.9. The molecule has 0 heterocycles. The fraction of sp³-hybridized carbons (Fsp3) is 0.391. The maximum atomic E-state index is 9.87. The van der Waals surface area contributed by atoms with E-state index in [0.29, 0.717) is 11.8 Å². The zero-order valence-corrected chi connectivity index (χ0v) is 14.9. The van der Waals surface area contributed by atoms with Crippen LogP contribution in [0.25, 0.3) is 0 Å². The minimum atomic E-state index is -0.651. The first-order valence-electron chi connectivity index (χ1n) is 9.05. The van der Waals surface area contributed by atoms with Gasteiger partial charge in [0.15, 0.2) is 0 Å². The lowest BCUT2D eigenvalue weighted by Gasteiger charge is -2.48. The molecule has 1 aliphatic rings. The van der Waals surface area contributed by atoms with Crippen molar-refractivity contribution >= 4 is 0 Å². The van der Waals surface area contributed by atoms with Crippen LogP contribution in [0.4, 0.5) is 0 Å². The van der Waals surface area contributed by atoms with Crippen molar-refractivity contribution in [2.45, 2.75) is 38.5 Å². The number of nitrogens with zero attached hydrogens (tertiary/aromatic N) is 2. The molecule has 0 saturated heterocycles. The summed E-state index contributed by atoms with van der Waals surface area (Å²) < 4.78 is 0. The van der Waals surface area contributed by atoms with Crippen molar-refractivity contribution < 1.29 is 0 Å². The highest BCUT2D eigenvalue weighted by Crippen LogP contribution is 2.51. The highest BCUT2D eigenvalue weighted by atomic mass is 14.5. The molecule has 0 fully saturated rings. The van der Waals surface area contributed by atoms with Crippen LogP contribution in [-0.2, 0) is 18.3 Å². The highest BCUT2D eigenvalue weighted by Gasteiger charge is 2.51. The van der Waals surface area contributed by atoms with E-state index in [0.717, 1.165) is 19.3 Å². The van der Waals surface area contributed by atoms with Crippen molar-refractivity contribution in [1.29, 1.82) is 10.5 Å². The molecule has 2 aromatic rings. The van der Waals surface area contributed by atoms with Gasteiger partial charge in [-0.1, -0.05) is 68.4 Å². The fourth-order valence-electron chi connectivity index (χ4n) is 4.78. The van der Waals surface area contributed by atoms with E-state index in [1.54, 1.807) is 0 Å². The first-order chi connectivity index (χ1) is 12.1. The largest absolute Gasteiger partial charge is 0.197 e. The smallest absolute Gasteiger partial charge is 0.143 e. The molecule has 0 radical (unpaired) electrons. The van der Waals surface area contributed by atoms with E-state index in [1.165, 1.54) is 16.7 Å². The third-order valence-electron chi connectivity index (χ3n) is 5.82. The Labute approximate surface area is 150 Å². The first-order valence-corrected chi connectivity index (χ1v) is 9.05. The molecule has 2 atom stereocenters. The summed E-state index contributed by atoms with van der Waals surface area (Å²) in [5, 5.41) is 19.7. The van der Waals surface area contributed by atoms with E-state index in [1.807, 2.05) is 24.3 Å². The molecule has 0 spiro atoms. The molecule has 126 valence electrons. The van der Waals surface area contributed by atoms with Crippen LogP contribution in [0.2, 0.25) is 0 Å². The standard InChI is InChI=1S/C23H24N2/c1-17(2)21-13-12-19-10-6-7-11-22(19)23(21,20(15-24)16-25)14-18-8-4-3-5-9-18/h3-11,17,20-21H,12-14H2,1-2H3/t21-,23+/m1/s1. The maximum Gasteiger partial charge on any atom is 0.143 e. The van der Waals surface area contributed by atoms with Crippen LogP contribution in [0.3, 0.4) is 0 Å². The van der Waals surface area contributed by atoms with Crippen LogP contribution in [0.5, 0.6) is 0 Å². The monoisotopic (exact) mass is 328 g/mol.